The van der Waals surface area contributed by atoms with Gasteiger partial charge in [0.15, 0.2) is 0 Å². The Kier molecular flexibility index (Phi) is 8.90. The first-order chi connectivity index (χ1) is 7.41. The van der Waals surface area contributed by atoms with Gasteiger partial charge in [0, 0.05) is 18.7 Å². The van der Waals surface area contributed by atoms with Crippen LogP contribution in [0, 0.1) is 0 Å². The topological polar surface area (TPSA) is 30.5 Å². The van der Waals surface area contributed by atoms with Crippen molar-refractivity contribution in [1.82, 2.24) is 5.32 Å². The zero-order valence-electron chi connectivity index (χ0n) is 11.7. The zero-order chi connectivity index (χ0) is 12.6. The van der Waals surface area contributed by atoms with Gasteiger partial charge in [0.2, 0.25) is 0 Å². The smallest absolute Gasteiger partial charge is 0.0624 e. The van der Waals surface area contributed by atoms with Crippen molar-refractivity contribution in [2.45, 2.75) is 72.3 Å². The fourth-order valence-electron chi connectivity index (χ4n) is 1.44. The van der Waals surface area contributed by atoms with Crippen molar-refractivity contribution in [3.8, 4) is 0 Å². The van der Waals surface area contributed by atoms with Gasteiger partial charge in [0.05, 0.1) is 18.8 Å². The van der Waals surface area contributed by atoms with E-state index in [0.717, 1.165) is 19.6 Å². The molecule has 0 aromatic carbocycles. The maximum atomic E-state index is 5.64. The molecule has 0 aromatic heterocycles. The molecule has 1 atom stereocenters. The van der Waals surface area contributed by atoms with Gasteiger partial charge in [-0.25, -0.2) is 0 Å². The summed E-state index contributed by atoms with van der Waals surface area (Å²) in [6.07, 6.45) is 1.61. The molecule has 0 rings (SSSR count). The summed E-state index contributed by atoms with van der Waals surface area (Å²) in [4.78, 5) is 0. The lowest BCUT2D eigenvalue weighted by molar-refractivity contribution is 0.0350. The summed E-state index contributed by atoms with van der Waals surface area (Å²) in [6.45, 7) is 14.1. The Morgan fingerprint density at radius 3 is 1.88 bits per heavy atom. The van der Waals surface area contributed by atoms with Crippen molar-refractivity contribution in [3.63, 3.8) is 0 Å². The average molecular weight is 231 g/mol. The Morgan fingerprint density at radius 2 is 1.44 bits per heavy atom. The Balaban J connectivity index is 3.81. The van der Waals surface area contributed by atoms with Crippen LogP contribution in [0.5, 0.6) is 0 Å². The number of nitrogens with one attached hydrogen (secondary N) is 1. The minimum absolute atomic E-state index is 0.294. The summed E-state index contributed by atoms with van der Waals surface area (Å²) in [5, 5.41) is 3.50. The van der Waals surface area contributed by atoms with Gasteiger partial charge in [-0.3, -0.25) is 0 Å². The molecule has 3 heteroatoms. The first-order valence-corrected chi connectivity index (χ1v) is 6.41. The Labute approximate surface area is 101 Å². The van der Waals surface area contributed by atoms with Crippen LogP contribution in [0.3, 0.4) is 0 Å². The molecule has 0 saturated carbocycles. The lowest BCUT2D eigenvalue weighted by Crippen LogP contribution is -2.39. The average Bonchev–Trinajstić information content (AvgIpc) is 2.12. The molecule has 1 N–H and O–H groups in total. The molecule has 3 nitrogen and oxygen atoms in total. The van der Waals surface area contributed by atoms with Crippen LogP contribution in [0.15, 0.2) is 0 Å². The summed E-state index contributed by atoms with van der Waals surface area (Å²) in [5.41, 5.74) is 0. The van der Waals surface area contributed by atoms with E-state index in [1.54, 1.807) is 0 Å². The molecular weight excluding hydrogens is 202 g/mol. The summed E-state index contributed by atoms with van der Waals surface area (Å²) < 4.78 is 11.2. The standard InChI is InChI=1S/C13H29NO2/c1-10(2)14-13(9-16-12(5)6)7-8-15-11(3)4/h10-14H,7-9H2,1-6H3. The van der Waals surface area contributed by atoms with E-state index in [0.29, 0.717) is 24.3 Å². The van der Waals surface area contributed by atoms with Crippen LogP contribution >= 0.6 is 0 Å². The first-order valence-electron chi connectivity index (χ1n) is 6.41. The van der Waals surface area contributed by atoms with E-state index in [4.69, 9.17) is 9.47 Å². The lowest BCUT2D eigenvalue weighted by atomic mass is 10.2. The second-order valence-electron chi connectivity index (χ2n) is 5.11. The number of ether oxygens (including phenoxy) is 2. The minimum atomic E-state index is 0.294. The van der Waals surface area contributed by atoms with Crippen LogP contribution in [-0.2, 0) is 9.47 Å². The maximum absolute atomic E-state index is 5.64. The maximum Gasteiger partial charge on any atom is 0.0624 e. The molecule has 0 heterocycles. The predicted octanol–water partition coefficient (Wildman–Crippen LogP) is 2.59. The van der Waals surface area contributed by atoms with E-state index in [-0.39, 0.29) is 0 Å². The number of rotatable bonds is 9. The fourth-order valence-corrected chi connectivity index (χ4v) is 1.44. The van der Waals surface area contributed by atoms with E-state index in [1.165, 1.54) is 0 Å². The third kappa shape index (κ3) is 10.4. The van der Waals surface area contributed by atoms with E-state index in [1.807, 2.05) is 0 Å². The second kappa shape index (κ2) is 8.97. The summed E-state index contributed by atoms with van der Waals surface area (Å²) in [5.74, 6) is 0. The lowest BCUT2D eigenvalue weighted by Gasteiger charge is -2.22. The fraction of sp³-hybridized carbons (Fsp3) is 1.00. The Hall–Kier alpha value is -0.120. The van der Waals surface area contributed by atoms with E-state index < -0.39 is 0 Å². The van der Waals surface area contributed by atoms with Gasteiger partial charge in [-0.15, -0.1) is 0 Å². The summed E-state index contributed by atoms with van der Waals surface area (Å²) in [7, 11) is 0. The van der Waals surface area contributed by atoms with E-state index >= 15 is 0 Å². The van der Waals surface area contributed by atoms with Gasteiger partial charge in [-0.1, -0.05) is 13.8 Å². The van der Waals surface area contributed by atoms with Gasteiger partial charge in [0.1, 0.15) is 0 Å². The molecule has 0 aliphatic rings. The molecule has 0 fully saturated rings. The third-order valence-corrected chi connectivity index (χ3v) is 2.12. The molecule has 98 valence electrons. The van der Waals surface area contributed by atoms with E-state index in [9.17, 15) is 0 Å². The van der Waals surface area contributed by atoms with Crippen molar-refractivity contribution in [1.29, 1.82) is 0 Å². The van der Waals surface area contributed by atoms with Gasteiger partial charge >= 0.3 is 0 Å². The van der Waals surface area contributed by atoms with Gasteiger partial charge in [0.25, 0.3) is 0 Å². The van der Waals surface area contributed by atoms with Crippen molar-refractivity contribution in [3.05, 3.63) is 0 Å². The summed E-state index contributed by atoms with van der Waals surface area (Å²) in [6, 6.07) is 0.876. The van der Waals surface area contributed by atoms with Crippen LogP contribution in [0.4, 0.5) is 0 Å². The van der Waals surface area contributed by atoms with Crippen molar-refractivity contribution in [2.75, 3.05) is 13.2 Å². The minimum Gasteiger partial charge on any atom is -0.379 e. The van der Waals surface area contributed by atoms with Crippen molar-refractivity contribution < 1.29 is 9.47 Å². The molecule has 16 heavy (non-hydrogen) atoms. The Bertz CT molecular complexity index is 158. The highest BCUT2D eigenvalue weighted by molar-refractivity contribution is 4.69. The highest BCUT2D eigenvalue weighted by atomic mass is 16.5. The molecule has 0 saturated heterocycles. The Morgan fingerprint density at radius 1 is 0.875 bits per heavy atom. The third-order valence-electron chi connectivity index (χ3n) is 2.12. The highest BCUT2D eigenvalue weighted by Crippen LogP contribution is 2.01. The highest BCUT2D eigenvalue weighted by Gasteiger charge is 2.11. The first kappa shape index (κ1) is 15.9. The molecule has 0 aliphatic carbocycles. The molecule has 0 amide bonds. The monoisotopic (exact) mass is 231 g/mol. The molecule has 0 aromatic rings. The van der Waals surface area contributed by atoms with Gasteiger partial charge in [-0.05, 0) is 34.1 Å². The molecule has 0 bridgehead atoms. The predicted molar refractivity (Wildman–Crippen MR) is 68.9 cm³/mol. The van der Waals surface area contributed by atoms with Gasteiger partial charge in [-0.2, -0.15) is 0 Å². The molecule has 0 spiro atoms. The van der Waals surface area contributed by atoms with Crippen LogP contribution in [-0.4, -0.2) is 37.5 Å². The molecule has 0 radical (unpaired) electrons. The van der Waals surface area contributed by atoms with Crippen LogP contribution in [0.1, 0.15) is 48.0 Å². The summed E-state index contributed by atoms with van der Waals surface area (Å²) >= 11 is 0. The number of hydrogen-bond acceptors (Lipinski definition) is 3. The second-order valence-corrected chi connectivity index (χ2v) is 5.11. The largest absolute Gasteiger partial charge is 0.379 e. The van der Waals surface area contributed by atoms with Crippen LogP contribution in [0.2, 0.25) is 0 Å². The van der Waals surface area contributed by atoms with Crippen molar-refractivity contribution in [2.24, 2.45) is 0 Å². The SMILES string of the molecule is CC(C)NC(CCOC(C)C)COC(C)C. The zero-order valence-corrected chi connectivity index (χ0v) is 11.7. The number of hydrogen-bond donors (Lipinski definition) is 1. The van der Waals surface area contributed by atoms with Crippen LogP contribution < -0.4 is 5.32 Å². The van der Waals surface area contributed by atoms with Gasteiger partial charge < -0.3 is 14.8 Å². The van der Waals surface area contributed by atoms with Crippen LogP contribution in [0.25, 0.3) is 0 Å². The molecule has 0 aliphatic heterocycles. The quantitative estimate of drug-likeness (QED) is 0.661. The normalized spacial score (nSPS) is 14.1. The van der Waals surface area contributed by atoms with E-state index in [2.05, 4.69) is 46.9 Å². The van der Waals surface area contributed by atoms with Crippen molar-refractivity contribution >= 4 is 0 Å². The molecule has 1 unspecified atom stereocenters. The molecular formula is C13H29NO2.